The van der Waals surface area contributed by atoms with Gasteiger partial charge in [0.05, 0.1) is 6.26 Å². The fourth-order valence-electron chi connectivity index (χ4n) is 6.77. The van der Waals surface area contributed by atoms with Crippen LogP contribution in [0.2, 0.25) is 0 Å². The van der Waals surface area contributed by atoms with Crippen LogP contribution in [0.5, 0.6) is 0 Å². The summed E-state index contributed by atoms with van der Waals surface area (Å²) in [6, 6.07) is 49.7. The van der Waals surface area contributed by atoms with Crippen LogP contribution in [-0.4, -0.2) is 0 Å². The lowest BCUT2D eigenvalue weighted by atomic mass is 9.83. The van der Waals surface area contributed by atoms with E-state index in [9.17, 15) is 0 Å². The number of fused-ring (bicyclic) bond motifs is 6. The van der Waals surface area contributed by atoms with Gasteiger partial charge in [-0.3, -0.25) is 0 Å². The molecular weight excluding hydrogens is 512 g/mol. The van der Waals surface area contributed by atoms with Crippen LogP contribution < -0.4 is 0 Å². The summed E-state index contributed by atoms with van der Waals surface area (Å²) < 4.78 is 12.2. The molecule has 2 aromatic heterocycles. The van der Waals surface area contributed by atoms with Gasteiger partial charge in [0.15, 0.2) is 0 Å². The van der Waals surface area contributed by atoms with Crippen LogP contribution in [0.4, 0.5) is 0 Å². The van der Waals surface area contributed by atoms with Gasteiger partial charge in [-0.15, -0.1) is 0 Å². The predicted molar refractivity (Wildman–Crippen MR) is 175 cm³/mol. The zero-order valence-corrected chi connectivity index (χ0v) is 22.7. The molecule has 42 heavy (non-hydrogen) atoms. The molecule has 2 heteroatoms. The first-order valence-corrected chi connectivity index (χ1v) is 14.3. The Labute approximate surface area is 242 Å². The molecule has 0 saturated carbocycles. The Balaban J connectivity index is 1.43. The molecule has 0 fully saturated rings. The van der Waals surface area contributed by atoms with E-state index in [2.05, 4.69) is 133 Å². The molecule has 0 radical (unpaired) electrons. The molecule has 0 aliphatic heterocycles. The molecule has 0 unspecified atom stereocenters. The zero-order valence-electron chi connectivity index (χ0n) is 22.7. The van der Waals surface area contributed by atoms with Crippen LogP contribution in [0, 0.1) is 0 Å². The molecule has 7 aromatic carbocycles. The molecule has 0 aliphatic rings. The van der Waals surface area contributed by atoms with Crippen molar-refractivity contribution in [3.63, 3.8) is 0 Å². The Morgan fingerprint density at radius 1 is 0.381 bits per heavy atom. The summed E-state index contributed by atoms with van der Waals surface area (Å²) in [5.74, 6) is 0. The fraction of sp³-hybridized carbons (Fsp3) is 0. The second-order valence-corrected chi connectivity index (χ2v) is 10.8. The quantitative estimate of drug-likeness (QED) is 0.210. The molecule has 0 bridgehead atoms. The maximum absolute atomic E-state index is 6.43. The predicted octanol–water partition coefficient (Wildman–Crippen LogP) is 11.6. The molecule has 9 rings (SSSR count). The Morgan fingerprint density at radius 3 is 1.69 bits per heavy atom. The van der Waals surface area contributed by atoms with Crippen molar-refractivity contribution in [1.29, 1.82) is 0 Å². The number of furan rings is 2. The van der Waals surface area contributed by atoms with Gasteiger partial charge >= 0.3 is 0 Å². The van der Waals surface area contributed by atoms with Crippen LogP contribution in [0.25, 0.3) is 87.8 Å². The van der Waals surface area contributed by atoms with Gasteiger partial charge in [0.1, 0.15) is 16.7 Å². The number of benzene rings is 7. The van der Waals surface area contributed by atoms with Crippen molar-refractivity contribution in [2.75, 3.05) is 0 Å². The first-order chi connectivity index (χ1) is 20.8. The lowest BCUT2D eigenvalue weighted by molar-refractivity contribution is 0.616. The lowest BCUT2D eigenvalue weighted by Crippen LogP contribution is -1.93. The zero-order chi connectivity index (χ0) is 27.6. The summed E-state index contributed by atoms with van der Waals surface area (Å²) in [6.45, 7) is 0. The van der Waals surface area contributed by atoms with Crippen LogP contribution in [0.15, 0.2) is 155 Å². The van der Waals surface area contributed by atoms with E-state index in [-0.39, 0.29) is 0 Å². The van der Waals surface area contributed by atoms with Crippen molar-refractivity contribution in [3.05, 3.63) is 146 Å². The van der Waals surface area contributed by atoms with Crippen molar-refractivity contribution in [2.24, 2.45) is 0 Å². The van der Waals surface area contributed by atoms with Crippen LogP contribution in [0.1, 0.15) is 0 Å². The van der Waals surface area contributed by atoms with Gasteiger partial charge in [0, 0.05) is 16.2 Å². The minimum Gasteiger partial charge on any atom is -0.464 e. The summed E-state index contributed by atoms with van der Waals surface area (Å²) in [7, 11) is 0. The lowest BCUT2D eigenvalue weighted by Gasteiger charge is -2.20. The first kappa shape index (κ1) is 23.1. The van der Waals surface area contributed by atoms with E-state index in [1.165, 1.54) is 49.4 Å². The normalized spacial score (nSPS) is 11.8. The van der Waals surface area contributed by atoms with Gasteiger partial charge in [-0.2, -0.15) is 0 Å². The second kappa shape index (κ2) is 8.95. The Kier molecular flexibility index (Phi) is 4.93. The van der Waals surface area contributed by atoms with Crippen LogP contribution >= 0.6 is 0 Å². The molecule has 0 atom stereocenters. The van der Waals surface area contributed by atoms with E-state index in [1.807, 2.05) is 6.07 Å². The molecule has 0 spiro atoms. The Hall–Kier alpha value is -5.60. The summed E-state index contributed by atoms with van der Waals surface area (Å²) >= 11 is 0. The highest BCUT2D eigenvalue weighted by Crippen LogP contribution is 2.48. The standard InChI is InChI=1S/C40H24O2/c1-2-11-25(12-3-1)27-13-4-5-14-28(27)38-29-15-6-8-17-31(29)39(32-18-9-7-16-30(32)38)33-19-10-20-35-40(33)34-24-36-26(21-22-41-36)23-37(34)42-35/h1-24H. The van der Waals surface area contributed by atoms with Crippen molar-refractivity contribution in [3.8, 4) is 33.4 Å². The SMILES string of the molecule is c1ccc(-c2ccccc2-c2c3ccccc3c(-c3cccc4oc5cc6ccoc6cc5c34)c3ccccc23)cc1. The van der Waals surface area contributed by atoms with Crippen molar-refractivity contribution in [1.82, 2.24) is 0 Å². The monoisotopic (exact) mass is 536 g/mol. The minimum atomic E-state index is 0.864. The van der Waals surface area contributed by atoms with E-state index in [4.69, 9.17) is 8.83 Å². The second-order valence-electron chi connectivity index (χ2n) is 10.8. The fourth-order valence-corrected chi connectivity index (χ4v) is 6.77. The molecule has 9 aromatic rings. The number of rotatable bonds is 3. The van der Waals surface area contributed by atoms with Crippen LogP contribution in [0.3, 0.4) is 0 Å². The highest BCUT2D eigenvalue weighted by Gasteiger charge is 2.21. The number of hydrogen-bond acceptors (Lipinski definition) is 2. The van der Waals surface area contributed by atoms with Gasteiger partial charge in [-0.05, 0) is 79.2 Å². The first-order valence-electron chi connectivity index (χ1n) is 14.3. The Bertz CT molecular complexity index is 2400. The van der Waals surface area contributed by atoms with Gasteiger partial charge in [0.25, 0.3) is 0 Å². The third-order valence-electron chi connectivity index (χ3n) is 8.55. The smallest absolute Gasteiger partial charge is 0.136 e. The Morgan fingerprint density at radius 2 is 0.976 bits per heavy atom. The summed E-state index contributed by atoms with van der Waals surface area (Å²) in [5.41, 5.74) is 9.91. The molecular formula is C40H24O2. The molecule has 0 amide bonds. The average Bonchev–Trinajstić information content (AvgIpc) is 3.66. The minimum absolute atomic E-state index is 0.864. The van der Waals surface area contributed by atoms with Gasteiger partial charge in [-0.1, -0.05) is 115 Å². The molecule has 196 valence electrons. The third-order valence-corrected chi connectivity index (χ3v) is 8.55. The molecule has 0 saturated heterocycles. The van der Waals surface area contributed by atoms with Crippen molar-refractivity contribution in [2.45, 2.75) is 0 Å². The highest BCUT2D eigenvalue weighted by atomic mass is 16.3. The molecule has 0 N–H and O–H groups in total. The third kappa shape index (κ3) is 3.33. The van der Waals surface area contributed by atoms with Crippen molar-refractivity contribution < 1.29 is 8.83 Å². The van der Waals surface area contributed by atoms with Gasteiger partial charge < -0.3 is 8.83 Å². The summed E-state index contributed by atoms with van der Waals surface area (Å²) in [5, 5.41) is 8.11. The van der Waals surface area contributed by atoms with E-state index < -0.39 is 0 Å². The molecule has 2 heterocycles. The van der Waals surface area contributed by atoms with E-state index in [1.54, 1.807) is 6.26 Å². The highest BCUT2D eigenvalue weighted by molar-refractivity contribution is 6.26. The maximum Gasteiger partial charge on any atom is 0.136 e. The molecule has 0 aliphatic carbocycles. The maximum atomic E-state index is 6.43. The summed E-state index contributed by atoms with van der Waals surface area (Å²) in [4.78, 5) is 0. The van der Waals surface area contributed by atoms with Crippen molar-refractivity contribution >= 4 is 54.5 Å². The number of hydrogen-bond donors (Lipinski definition) is 0. The summed E-state index contributed by atoms with van der Waals surface area (Å²) in [6.07, 6.45) is 1.74. The van der Waals surface area contributed by atoms with Gasteiger partial charge in [-0.25, -0.2) is 0 Å². The molecule has 2 nitrogen and oxygen atoms in total. The average molecular weight is 537 g/mol. The van der Waals surface area contributed by atoms with E-state index >= 15 is 0 Å². The van der Waals surface area contributed by atoms with Crippen LogP contribution in [-0.2, 0) is 0 Å². The van der Waals surface area contributed by atoms with Gasteiger partial charge in [0.2, 0.25) is 0 Å². The van der Waals surface area contributed by atoms with E-state index in [0.717, 1.165) is 38.5 Å². The largest absolute Gasteiger partial charge is 0.464 e. The van der Waals surface area contributed by atoms with E-state index in [0.29, 0.717) is 0 Å². The topological polar surface area (TPSA) is 26.3 Å².